The molecule has 18 heavy (non-hydrogen) atoms. The lowest BCUT2D eigenvalue weighted by molar-refractivity contribution is 0.338. The summed E-state index contributed by atoms with van der Waals surface area (Å²) in [5, 5.41) is 0.337. The molecule has 0 aliphatic carbocycles. The van der Waals surface area contributed by atoms with Gasteiger partial charge in [0.2, 0.25) is 5.56 Å². The summed E-state index contributed by atoms with van der Waals surface area (Å²) in [6, 6.07) is 9.07. The van der Waals surface area contributed by atoms with E-state index in [2.05, 4.69) is 4.98 Å². The van der Waals surface area contributed by atoms with E-state index >= 15 is 0 Å². The minimum Gasteiger partial charge on any atom is -0.494 e. The maximum absolute atomic E-state index is 11.4. The molecule has 1 N–H and O–H groups in total. The van der Waals surface area contributed by atoms with E-state index in [1.54, 1.807) is 6.07 Å². The van der Waals surface area contributed by atoms with Crippen LogP contribution in [0.4, 0.5) is 0 Å². The Labute approximate surface area is 110 Å². The molecule has 0 fully saturated rings. The van der Waals surface area contributed by atoms with Gasteiger partial charge >= 0.3 is 0 Å². The first-order valence-corrected chi connectivity index (χ1v) is 6.11. The molecule has 0 atom stereocenters. The van der Waals surface area contributed by atoms with Gasteiger partial charge in [-0.3, -0.25) is 4.79 Å². The van der Waals surface area contributed by atoms with Gasteiger partial charge in [-0.05, 0) is 48.7 Å². The number of halogens is 1. The van der Waals surface area contributed by atoms with Crippen molar-refractivity contribution in [1.29, 1.82) is 0 Å². The van der Waals surface area contributed by atoms with Crippen LogP contribution in [0.25, 0.3) is 11.1 Å². The van der Waals surface area contributed by atoms with E-state index in [-0.39, 0.29) is 5.56 Å². The summed E-state index contributed by atoms with van der Waals surface area (Å²) in [5.41, 5.74) is 2.58. The smallest absolute Gasteiger partial charge is 0.249 e. The molecule has 1 aromatic heterocycles. The summed E-state index contributed by atoms with van der Waals surface area (Å²) in [4.78, 5) is 13.9. The van der Waals surface area contributed by atoms with Gasteiger partial charge in [0.05, 0.1) is 6.61 Å². The van der Waals surface area contributed by atoms with Crippen LogP contribution in [0.2, 0.25) is 5.15 Å². The summed E-state index contributed by atoms with van der Waals surface area (Å²) < 4.78 is 5.48. The van der Waals surface area contributed by atoms with Crippen LogP contribution in [-0.2, 0) is 0 Å². The zero-order valence-corrected chi connectivity index (χ0v) is 11.0. The Morgan fingerprint density at radius 3 is 2.61 bits per heavy atom. The van der Waals surface area contributed by atoms with Crippen LogP contribution in [0.15, 0.2) is 35.1 Å². The van der Waals surface area contributed by atoms with E-state index in [1.165, 1.54) is 6.07 Å². The van der Waals surface area contributed by atoms with E-state index in [0.717, 1.165) is 22.4 Å². The third-order valence-electron chi connectivity index (χ3n) is 2.62. The normalized spacial score (nSPS) is 10.4. The number of aromatic nitrogens is 1. The zero-order chi connectivity index (χ0) is 13.1. The minimum atomic E-state index is -0.205. The van der Waals surface area contributed by atoms with Crippen LogP contribution < -0.4 is 10.3 Å². The number of aryl methyl sites for hydroxylation is 1. The summed E-state index contributed by atoms with van der Waals surface area (Å²) in [6.45, 7) is 4.56. The first-order valence-electron chi connectivity index (χ1n) is 5.74. The molecule has 0 aliphatic rings. The lowest BCUT2D eigenvalue weighted by Crippen LogP contribution is -2.03. The SMILES string of the molecule is CCOc1ccc(-c2cc(Cl)[nH]c(=O)c2)cc1C. The maximum atomic E-state index is 11.4. The highest BCUT2D eigenvalue weighted by Gasteiger charge is 2.04. The van der Waals surface area contributed by atoms with Crippen LogP contribution in [0.1, 0.15) is 12.5 Å². The predicted octanol–water partition coefficient (Wildman–Crippen LogP) is 3.40. The Hall–Kier alpha value is -1.74. The van der Waals surface area contributed by atoms with Crippen molar-refractivity contribution >= 4 is 11.6 Å². The highest BCUT2D eigenvalue weighted by Crippen LogP contribution is 2.26. The number of pyridine rings is 1. The fraction of sp³-hybridized carbons (Fsp3) is 0.214. The molecule has 94 valence electrons. The molecule has 0 aliphatic heterocycles. The van der Waals surface area contributed by atoms with Gasteiger partial charge in [-0.15, -0.1) is 0 Å². The lowest BCUT2D eigenvalue weighted by Gasteiger charge is -2.09. The number of rotatable bonds is 3. The van der Waals surface area contributed by atoms with Crippen molar-refractivity contribution in [3.8, 4) is 16.9 Å². The molecule has 0 saturated carbocycles. The third kappa shape index (κ3) is 2.74. The van der Waals surface area contributed by atoms with Gasteiger partial charge in [-0.25, -0.2) is 0 Å². The van der Waals surface area contributed by atoms with Crippen molar-refractivity contribution in [3.05, 3.63) is 51.4 Å². The molecule has 1 heterocycles. The molecule has 1 aromatic carbocycles. The number of aromatic amines is 1. The van der Waals surface area contributed by atoms with E-state index in [0.29, 0.717) is 11.8 Å². The van der Waals surface area contributed by atoms with Crippen molar-refractivity contribution in [2.45, 2.75) is 13.8 Å². The molecule has 2 rings (SSSR count). The van der Waals surface area contributed by atoms with E-state index < -0.39 is 0 Å². The molecule has 0 radical (unpaired) electrons. The van der Waals surface area contributed by atoms with Crippen LogP contribution in [0, 0.1) is 6.92 Å². The average molecular weight is 264 g/mol. The Kier molecular flexibility index (Phi) is 3.72. The number of H-pyrrole nitrogens is 1. The van der Waals surface area contributed by atoms with Crippen molar-refractivity contribution in [2.75, 3.05) is 6.61 Å². The first kappa shape index (κ1) is 12.7. The summed E-state index contributed by atoms with van der Waals surface area (Å²) in [5.74, 6) is 0.859. The average Bonchev–Trinajstić information content (AvgIpc) is 2.30. The Bertz CT molecular complexity index is 619. The second-order valence-corrected chi connectivity index (χ2v) is 4.40. The fourth-order valence-electron chi connectivity index (χ4n) is 1.82. The molecule has 0 bridgehead atoms. The number of benzene rings is 1. The van der Waals surface area contributed by atoms with Crippen molar-refractivity contribution in [1.82, 2.24) is 4.98 Å². The molecule has 3 nitrogen and oxygen atoms in total. The number of hydrogen-bond acceptors (Lipinski definition) is 2. The van der Waals surface area contributed by atoms with E-state index in [9.17, 15) is 4.79 Å². The molecular formula is C14H14ClNO2. The largest absolute Gasteiger partial charge is 0.494 e. The second kappa shape index (κ2) is 5.27. The molecular weight excluding hydrogens is 250 g/mol. The fourth-order valence-corrected chi connectivity index (χ4v) is 2.03. The standard InChI is InChI=1S/C14H14ClNO2/c1-3-18-12-5-4-10(6-9(12)2)11-7-13(15)16-14(17)8-11/h4-8H,3H2,1-2H3,(H,16,17). The summed E-state index contributed by atoms with van der Waals surface area (Å²) >= 11 is 5.84. The van der Waals surface area contributed by atoms with Crippen molar-refractivity contribution in [3.63, 3.8) is 0 Å². The Balaban J connectivity index is 2.45. The van der Waals surface area contributed by atoms with Gasteiger partial charge in [0, 0.05) is 6.07 Å². The van der Waals surface area contributed by atoms with Crippen LogP contribution in [0.3, 0.4) is 0 Å². The highest BCUT2D eigenvalue weighted by molar-refractivity contribution is 6.29. The first-order chi connectivity index (χ1) is 8.60. The number of ether oxygens (including phenoxy) is 1. The van der Waals surface area contributed by atoms with Crippen LogP contribution in [-0.4, -0.2) is 11.6 Å². The van der Waals surface area contributed by atoms with Crippen LogP contribution >= 0.6 is 11.6 Å². The van der Waals surface area contributed by atoms with Gasteiger partial charge in [-0.2, -0.15) is 0 Å². The zero-order valence-electron chi connectivity index (χ0n) is 10.3. The Morgan fingerprint density at radius 2 is 2.00 bits per heavy atom. The molecule has 0 unspecified atom stereocenters. The van der Waals surface area contributed by atoms with E-state index in [1.807, 2.05) is 32.0 Å². The highest BCUT2D eigenvalue weighted by atomic mass is 35.5. The quantitative estimate of drug-likeness (QED) is 0.863. The predicted molar refractivity (Wildman–Crippen MR) is 73.4 cm³/mol. The lowest BCUT2D eigenvalue weighted by atomic mass is 10.0. The maximum Gasteiger partial charge on any atom is 0.249 e. The van der Waals surface area contributed by atoms with Crippen LogP contribution in [0.5, 0.6) is 5.75 Å². The molecule has 0 amide bonds. The molecule has 4 heteroatoms. The second-order valence-electron chi connectivity index (χ2n) is 3.99. The van der Waals surface area contributed by atoms with Gasteiger partial charge < -0.3 is 9.72 Å². The summed E-state index contributed by atoms with van der Waals surface area (Å²) in [6.07, 6.45) is 0. The van der Waals surface area contributed by atoms with Crippen molar-refractivity contribution < 1.29 is 4.74 Å². The summed E-state index contributed by atoms with van der Waals surface area (Å²) in [7, 11) is 0. The third-order valence-corrected chi connectivity index (χ3v) is 2.82. The van der Waals surface area contributed by atoms with Gasteiger partial charge in [-0.1, -0.05) is 17.7 Å². The van der Waals surface area contributed by atoms with Gasteiger partial charge in [0.15, 0.2) is 0 Å². The van der Waals surface area contributed by atoms with Gasteiger partial charge in [0.1, 0.15) is 10.9 Å². The Morgan fingerprint density at radius 1 is 1.22 bits per heavy atom. The molecule has 0 saturated heterocycles. The minimum absolute atomic E-state index is 0.205. The molecule has 0 spiro atoms. The number of hydrogen-bond donors (Lipinski definition) is 1. The van der Waals surface area contributed by atoms with E-state index in [4.69, 9.17) is 16.3 Å². The van der Waals surface area contributed by atoms with Gasteiger partial charge in [0.25, 0.3) is 0 Å². The monoisotopic (exact) mass is 263 g/mol. The van der Waals surface area contributed by atoms with Crippen molar-refractivity contribution in [2.24, 2.45) is 0 Å². The topological polar surface area (TPSA) is 42.1 Å². The number of nitrogens with one attached hydrogen (secondary N) is 1. The molecule has 2 aromatic rings.